The van der Waals surface area contributed by atoms with Crippen molar-refractivity contribution in [2.24, 2.45) is 0 Å². The van der Waals surface area contributed by atoms with Crippen LogP contribution in [0.15, 0.2) is 24.3 Å². The van der Waals surface area contributed by atoms with Gasteiger partial charge in [0, 0.05) is 11.4 Å². The Kier molecular flexibility index (Phi) is 5.68. The predicted molar refractivity (Wildman–Crippen MR) is 58.4 cm³/mol. The Labute approximate surface area is 88.8 Å². The van der Waals surface area contributed by atoms with Gasteiger partial charge in [-0.25, -0.2) is 4.18 Å². The molecule has 0 aliphatic rings. The molecule has 1 rings (SSSR count). The van der Waals surface area contributed by atoms with Crippen molar-refractivity contribution in [2.75, 3.05) is 18.1 Å². The molecule has 1 aromatic carbocycles. The fraction of sp³-hybridized carbons (Fsp3) is 0.250. The topological polar surface area (TPSA) is 116 Å². The van der Waals surface area contributed by atoms with Crippen LogP contribution in [0, 0.1) is 0 Å². The fourth-order valence-corrected chi connectivity index (χ4v) is 0.943. The van der Waals surface area contributed by atoms with Crippen LogP contribution in [0.1, 0.15) is 6.92 Å². The van der Waals surface area contributed by atoms with Gasteiger partial charge in [0.05, 0.1) is 6.61 Å². The molecule has 0 aliphatic heterocycles. The Bertz CT molecular complexity index is 353. The van der Waals surface area contributed by atoms with Gasteiger partial charge in [0.2, 0.25) is 0 Å². The zero-order chi connectivity index (χ0) is 11.9. The van der Waals surface area contributed by atoms with Crippen LogP contribution >= 0.6 is 0 Å². The molecule has 0 saturated heterocycles. The van der Waals surface area contributed by atoms with Gasteiger partial charge in [0.15, 0.2) is 0 Å². The Hall–Kier alpha value is -1.31. The largest absolute Gasteiger partial charge is 0.399 e. The summed E-state index contributed by atoms with van der Waals surface area (Å²) in [6.45, 7) is 1.44. The van der Waals surface area contributed by atoms with E-state index >= 15 is 0 Å². The first-order chi connectivity index (χ1) is 6.85. The third kappa shape index (κ3) is 9.01. The Morgan fingerprint density at radius 1 is 1.20 bits per heavy atom. The summed E-state index contributed by atoms with van der Waals surface area (Å²) in [5.74, 6) is 0. The molecule has 0 amide bonds. The van der Waals surface area contributed by atoms with Crippen molar-refractivity contribution in [1.82, 2.24) is 0 Å². The maximum atomic E-state index is 9.56. The first kappa shape index (κ1) is 13.7. The Morgan fingerprint density at radius 2 is 1.53 bits per heavy atom. The number of hydrogen-bond donors (Lipinski definition) is 3. The molecule has 6 nitrogen and oxygen atoms in total. The van der Waals surface area contributed by atoms with Crippen LogP contribution in [-0.2, 0) is 14.6 Å². The SMILES string of the molecule is CCOS(=O)(=O)O.Nc1ccc(N)cc1. The number of benzene rings is 1. The molecule has 0 bridgehead atoms. The lowest BCUT2D eigenvalue weighted by Gasteiger charge is -1.90. The lowest BCUT2D eigenvalue weighted by atomic mass is 10.3. The predicted octanol–water partition coefficient (Wildman–Crippen LogP) is 0.677. The van der Waals surface area contributed by atoms with Crippen molar-refractivity contribution in [3.8, 4) is 0 Å². The maximum Gasteiger partial charge on any atom is 0.397 e. The van der Waals surface area contributed by atoms with Crippen molar-refractivity contribution in [1.29, 1.82) is 0 Å². The monoisotopic (exact) mass is 234 g/mol. The molecule has 0 aliphatic carbocycles. The summed E-state index contributed by atoms with van der Waals surface area (Å²) >= 11 is 0. The molecule has 0 unspecified atom stereocenters. The smallest absolute Gasteiger partial charge is 0.397 e. The van der Waals surface area contributed by atoms with Crippen LogP contribution in [0.4, 0.5) is 11.4 Å². The maximum absolute atomic E-state index is 9.56. The fourth-order valence-electron chi connectivity index (χ4n) is 0.645. The van der Waals surface area contributed by atoms with Crippen LogP contribution in [0.5, 0.6) is 0 Å². The van der Waals surface area contributed by atoms with Gasteiger partial charge in [-0.15, -0.1) is 0 Å². The van der Waals surface area contributed by atoms with Crippen LogP contribution in [0.25, 0.3) is 0 Å². The normalized spacial score (nSPS) is 10.3. The summed E-state index contributed by atoms with van der Waals surface area (Å²) in [6, 6.07) is 7.09. The summed E-state index contributed by atoms with van der Waals surface area (Å²) in [4.78, 5) is 0. The van der Waals surface area contributed by atoms with Crippen molar-refractivity contribution in [3.63, 3.8) is 0 Å². The average Bonchev–Trinajstić information content (AvgIpc) is 2.09. The number of anilines is 2. The van der Waals surface area contributed by atoms with E-state index in [0.717, 1.165) is 11.4 Å². The highest BCUT2D eigenvalue weighted by atomic mass is 32.3. The van der Waals surface area contributed by atoms with E-state index in [0.29, 0.717) is 0 Å². The van der Waals surface area contributed by atoms with E-state index in [4.69, 9.17) is 16.0 Å². The highest BCUT2D eigenvalue weighted by molar-refractivity contribution is 7.80. The molecule has 1 aromatic rings. The third-order valence-electron chi connectivity index (χ3n) is 1.20. The minimum Gasteiger partial charge on any atom is -0.399 e. The molecule has 5 N–H and O–H groups in total. The third-order valence-corrected chi connectivity index (χ3v) is 1.74. The van der Waals surface area contributed by atoms with Gasteiger partial charge >= 0.3 is 10.4 Å². The first-order valence-corrected chi connectivity index (χ1v) is 5.44. The Morgan fingerprint density at radius 3 is 1.67 bits per heavy atom. The lowest BCUT2D eigenvalue weighted by molar-refractivity contribution is 0.283. The van der Waals surface area contributed by atoms with Gasteiger partial charge in [-0.05, 0) is 31.2 Å². The number of rotatable bonds is 2. The van der Waals surface area contributed by atoms with Gasteiger partial charge in [-0.3, -0.25) is 4.55 Å². The van der Waals surface area contributed by atoms with Gasteiger partial charge in [0.1, 0.15) is 0 Å². The van der Waals surface area contributed by atoms with E-state index in [2.05, 4.69) is 4.18 Å². The quantitative estimate of drug-likeness (QED) is 0.511. The molecular weight excluding hydrogens is 220 g/mol. The van der Waals surface area contributed by atoms with Crippen molar-refractivity contribution >= 4 is 21.8 Å². The lowest BCUT2D eigenvalue weighted by Crippen LogP contribution is -2.01. The van der Waals surface area contributed by atoms with Crippen LogP contribution < -0.4 is 11.5 Å². The minimum absolute atomic E-state index is 0.0289. The van der Waals surface area contributed by atoms with E-state index in [1.54, 1.807) is 24.3 Å². The van der Waals surface area contributed by atoms with Crippen molar-refractivity contribution in [2.45, 2.75) is 6.92 Å². The Balaban J connectivity index is 0.000000265. The molecule has 86 valence electrons. The second kappa shape index (κ2) is 6.23. The second-order valence-corrected chi connectivity index (χ2v) is 3.59. The van der Waals surface area contributed by atoms with E-state index in [1.807, 2.05) is 0 Å². The van der Waals surface area contributed by atoms with E-state index in [1.165, 1.54) is 6.92 Å². The van der Waals surface area contributed by atoms with Crippen LogP contribution in [0.2, 0.25) is 0 Å². The van der Waals surface area contributed by atoms with Gasteiger partial charge in [-0.1, -0.05) is 0 Å². The van der Waals surface area contributed by atoms with Gasteiger partial charge < -0.3 is 11.5 Å². The summed E-state index contributed by atoms with van der Waals surface area (Å²) in [6.07, 6.45) is 0. The van der Waals surface area contributed by atoms with Gasteiger partial charge in [0.25, 0.3) is 0 Å². The summed E-state index contributed by atoms with van der Waals surface area (Å²) in [7, 11) is -4.17. The van der Waals surface area contributed by atoms with Crippen LogP contribution in [0.3, 0.4) is 0 Å². The first-order valence-electron chi connectivity index (χ1n) is 4.08. The number of hydrogen-bond acceptors (Lipinski definition) is 5. The molecule has 0 radical (unpaired) electrons. The molecule has 0 aromatic heterocycles. The molecule has 0 atom stereocenters. The minimum atomic E-state index is -4.17. The van der Waals surface area contributed by atoms with Crippen LogP contribution in [-0.4, -0.2) is 19.6 Å². The van der Waals surface area contributed by atoms with Crippen molar-refractivity contribution in [3.05, 3.63) is 24.3 Å². The summed E-state index contributed by atoms with van der Waals surface area (Å²) < 4.78 is 30.7. The summed E-state index contributed by atoms with van der Waals surface area (Å²) in [5.41, 5.74) is 12.2. The molecular formula is C8H14N2O4S. The molecule has 0 heterocycles. The number of nitrogen functional groups attached to an aromatic ring is 2. The summed E-state index contributed by atoms with van der Waals surface area (Å²) in [5, 5.41) is 0. The zero-order valence-electron chi connectivity index (χ0n) is 8.25. The highest BCUT2D eigenvalue weighted by Gasteiger charge is 1.98. The standard InChI is InChI=1S/C6H8N2.C2H6O4S/c7-5-1-2-6(8)4-3-5;1-2-6-7(3,4)5/h1-4H,7-8H2;2H2,1H3,(H,3,4,5). The molecule has 0 fully saturated rings. The number of nitrogens with two attached hydrogens (primary N) is 2. The van der Waals surface area contributed by atoms with E-state index in [9.17, 15) is 8.42 Å². The average molecular weight is 234 g/mol. The van der Waals surface area contributed by atoms with Gasteiger partial charge in [-0.2, -0.15) is 8.42 Å². The zero-order valence-corrected chi connectivity index (χ0v) is 9.07. The molecule has 7 heteroatoms. The van der Waals surface area contributed by atoms with E-state index < -0.39 is 10.4 Å². The molecule has 0 spiro atoms. The molecule has 15 heavy (non-hydrogen) atoms. The van der Waals surface area contributed by atoms with Crippen molar-refractivity contribution < 1.29 is 17.2 Å². The van der Waals surface area contributed by atoms with E-state index in [-0.39, 0.29) is 6.61 Å². The molecule has 0 saturated carbocycles. The highest BCUT2D eigenvalue weighted by Crippen LogP contribution is 2.04. The second-order valence-electron chi connectivity index (χ2n) is 2.50.